The number of amides is 1. The zero-order valence-electron chi connectivity index (χ0n) is 16.1. The van der Waals surface area contributed by atoms with Gasteiger partial charge in [0.25, 0.3) is 17.7 Å². The van der Waals surface area contributed by atoms with Gasteiger partial charge in [0, 0.05) is 10.9 Å². The number of rotatable bonds is 5. The second-order valence-corrected chi connectivity index (χ2v) is 8.46. The first-order chi connectivity index (χ1) is 14.7. The summed E-state index contributed by atoms with van der Waals surface area (Å²) in [5, 5.41) is 10.2. The summed E-state index contributed by atoms with van der Waals surface area (Å²) in [7, 11) is -4.94. The van der Waals surface area contributed by atoms with Crippen LogP contribution in [-0.2, 0) is 4.57 Å². The van der Waals surface area contributed by atoms with Crippen LogP contribution in [0.2, 0.25) is 0 Å². The van der Waals surface area contributed by atoms with Gasteiger partial charge in [-0.1, -0.05) is 35.9 Å². The Balaban J connectivity index is 1.68. The highest BCUT2D eigenvalue weighted by molar-refractivity contribution is 7.52. The smallest absolute Gasteiger partial charge is 0.357 e. The number of fused-ring (bicyclic) bond motifs is 1. The molecular formula is C20H16N3O7P. The van der Waals surface area contributed by atoms with Crippen molar-refractivity contribution in [2.75, 3.05) is 0 Å². The number of benzene rings is 2. The quantitative estimate of drug-likeness (QED) is 0.313. The standard InChI is InChI=1S/C20H16N3O7P/c1-11-6-8-12(9-7-11)16(24)21-19(31(26,27)28)18-23-22-17(30-18)14-10-13-4-2-3-5-15(13)29-20(14)25/h2-10,19H,1H3,(H,21,24)(H2,26,27,28)/t19-/m0/s1. The Bertz CT molecular complexity index is 1370. The summed E-state index contributed by atoms with van der Waals surface area (Å²) in [5.74, 6) is -3.47. The normalized spacial score (nSPS) is 12.6. The highest BCUT2D eigenvalue weighted by atomic mass is 31.2. The predicted octanol–water partition coefficient (Wildman–Crippen LogP) is 2.76. The average molecular weight is 441 g/mol. The Labute approximate surface area is 174 Å². The van der Waals surface area contributed by atoms with Gasteiger partial charge < -0.3 is 23.9 Å². The number of aryl methyl sites for hydroxylation is 1. The number of nitrogens with one attached hydrogen (secondary N) is 1. The van der Waals surface area contributed by atoms with E-state index in [0.717, 1.165) is 5.56 Å². The Kier molecular flexibility index (Phi) is 5.28. The molecule has 2 heterocycles. The molecule has 0 aliphatic heterocycles. The van der Waals surface area contributed by atoms with E-state index in [4.69, 9.17) is 8.83 Å². The maximum atomic E-state index is 12.5. The number of para-hydroxylation sites is 1. The van der Waals surface area contributed by atoms with Crippen LogP contribution in [0.5, 0.6) is 0 Å². The van der Waals surface area contributed by atoms with Crippen molar-refractivity contribution >= 4 is 24.5 Å². The Morgan fingerprint density at radius 2 is 1.77 bits per heavy atom. The first-order valence-corrected chi connectivity index (χ1v) is 10.7. The van der Waals surface area contributed by atoms with Gasteiger partial charge >= 0.3 is 13.2 Å². The first kappa shape index (κ1) is 20.7. The predicted molar refractivity (Wildman–Crippen MR) is 109 cm³/mol. The molecule has 158 valence electrons. The van der Waals surface area contributed by atoms with Crippen molar-refractivity contribution in [3.63, 3.8) is 0 Å². The molecule has 0 saturated heterocycles. The highest BCUT2D eigenvalue weighted by Gasteiger charge is 2.37. The van der Waals surface area contributed by atoms with Crippen LogP contribution in [0.25, 0.3) is 22.4 Å². The average Bonchev–Trinajstić information content (AvgIpc) is 3.20. The zero-order chi connectivity index (χ0) is 22.2. The van der Waals surface area contributed by atoms with Gasteiger partial charge in [-0.2, -0.15) is 0 Å². The summed E-state index contributed by atoms with van der Waals surface area (Å²) in [5.41, 5.74) is 0.629. The van der Waals surface area contributed by atoms with Crippen LogP contribution in [0.15, 0.2) is 68.2 Å². The van der Waals surface area contributed by atoms with Crippen LogP contribution in [0.3, 0.4) is 0 Å². The van der Waals surface area contributed by atoms with Gasteiger partial charge in [-0.25, -0.2) is 4.79 Å². The van der Waals surface area contributed by atoms with E-state index >= 15 is 0 Å². The molecule has 1 atom stereocenters. The van der Waals surface area contributed by atoms with Gasteiger partial charge in [-0.15, -0.1) is 10.2 Å². The van der Waals surface area contributed by atoms with Crippen LogP contribution in [-0.4, -0.2) is 25.9 Å². The molecular weight excluding hydrogens is 425 g/mol. The van der Waals surface area contributed by atoms with Gasteiger partial charge in [0.15, 0.2) is 0 Å². The summed E-state index contributed by atoms with van der Waals surface area (Å²) in [6.45, 7) is 1.84. The summed E-state index contributed by atoms with van der Waals surface area (Å²) in [6, 6.07) is 14.6. The van der Waals surface area contributed by atoms with Crippen molar-refractivity contribution in [3.8, 4) is 11.5 Å². The molecule has 0 saturated carbocycles. The second-order valence-electron chi connectivity index (χ2n) is 6.76. The molecule has 3 N–H and O–H groups in total. The molecule has 31 heavy (non-hydrogen) atoms. The van der Waals surface area contributed by atoms with Crippen molar-refractivity contribution in [3.05, 3.63) is 82.0 Å². The molecule has 11 heteroatoms. The molecule has 2 aromatic carbocycles. The monoisotopic (exact) mass is 441 g/mol. The van der Waals surface area contributed by atoms with Crippen LogP contribution in [0.4, 0.5) is 0 Å². The van der Waals surface area contributed by atoms with Crippen LogP contribution >= 0.6 is 7.60 Å². The SMILES string of the molecule is Cc1ccc(C(=O)N[C@H](c2nnc(-c3cc4ccccc4oc3=O)o2)P(=O)(O)O)cc1. The third kappa shape index (κ3) is 4.31. The number of hydrogen-bond donors (Lipinski definition) is 3. The molecule has 0 spiro atoms. The fraction of sp³-hybridized carbons (Fsp3) is 0.100. The molecule has 0 aliphatic rings. The molecule has 0 aliphatic carbocycles. The van der Waals surface area contributed by atoms with Gasteiger partial charge in [0.2, 0.25) is 5.78 Å². The zero-order valence-corrected chi connectivity index (χ0v) is 16.9. The molecule has 2 aromatic heterocycles. The van der Waals surface area contributed by atoms with Gasteiger partial charge in [0.05, 0.1) is 0 Å². The molecule has 0 radical (unpaired) electrons. The minimum Gasteiger partial charge on any atom is -0.422 e. The van der Waals surface area contributed by atoms with E-state index in [-0.39, 0.29) is 17.0 Å². The lowest BCUT2D eigenvalue weighted by Crippen LogP contribution is -2.28. The van der Waals surface area contributed by atoms with E-state index in [1.165, 1.54) is 18.2 Å². The number of aromatic nitrogens is 2. The van der Waals surface area contributed by atoms with Crippen LogP contribution < -0.4 is 10.9 Å². The fourth-order valence-electron chi connectivity index (χ4n) is 2.87. The number of carbonyl (C=O) groups excluding carboxylic acids is 1. The Morgan fingerprint density at radius 3 is 2.48 bits per heavy atom. The maximum absolute atomic E-state index is 12.5. The summed E-state index contributed by atoms with van der Waals surface area (Å²) < 4.78 is 22.6. The number of hydrogen-bond acceptors (Lipinski definition) is 7. The van der Waals surface area contributed by atoms with Gasteiger partial charge in [-0.05, 0) is 31.2 Å². The molecule has 4 rings (SSSR count). The summed E-state index contributed by atoms with van der Waals surface area (Å²) in [6.07, 6.45) is 0. The molecule has 4 aromatic rings. The molecule has 0 bridgehead atoms. The lowest BCUT2D eigenvalue weighted by Gasteiger charge is -2.16. The lowest BCUT2D eigenvalue weighted by atomic mass is 10.1. The van der Waals surface area contributed by atoms with E-state index in [9.17, 15) is 23.9 Å². The summed E-state index contributed by atoms with van der Waals surface area (Å²) >= 11 is 0. The van der Waals surface area contributed by atoms with E-state index in [1.54, 1.807) is 36.4 Å². The highest BCUT2D eigenvalue weighted by Crippen LogP contribution is 2.49. The van der Waals surface area contributed by atoms with Crippen molar-refractivity contribution in [2.24, 2.45) is 0 Å². The second kappa shape index (κ2) is 7.92. The van der Waals surface area contributed by atoms with Crippen LogP contribution in [0, 0.1) is 6.92 Å². The van der Waals surface area contributed by atoms with E-state index < -0.39 is 30.8 Å². The third-order valence-corrected chi connectivity index (χ3v) is 5.49. The van der Waals surface area contributed by atoms with Crippen molar-refractivity contribution in [1.29, 1.82) is 0 Å². The lowest BCUT2D eigenvalue weighted by molar-refractivity contribution is 0.0938. The van der Waals surface area contributed by atoms with Crippen molar-refractivity contribution in [1.82, 2.24) is 15.5 Å². The minimum atomic E-state index is -4.94. The minimum absolute atomic E-state index is 0.0771. The topological polar surface area (TPSA) is 156 Å². The Morgan fingerprint density at radius 1 is 1.06 bits per heavy atom. The molecule has 0 unspecified atom stereocenters. The van der Waals surface area contributed by atoms with E-state index in [2.05, 4.69) is 15.5 Å². The largest absolute Gasteiger partial charge is 0.422 e. The maximum Gasteiger partial charge on any atom is 0.357 e. The van der Waals surface area contributed by atoms with Crippen molar-refractivity contribution < 1.29 is 28.0 Å². The van der Waals surface area contributed by atoms with E-state index in [0.29, 0.717) is 11.0 Å². The van der Waals surface area contributed by atoms with Crippen LogP contribution in [0.1, 0.15) is 27.6 Å². The molecule has 1 amide bonds. The Hall–Kier alpha value is -3.59. The molecule has 10 nitrogen and oxygen atoms in total. The summed E-state index contributed by atoms with van der Waals surface area (Å²) in [4.78, 5) is 44.2. The van der Waals surface area contributed by atoms with Gasteiger partial charge in [-0.3, -0.25) is 9.36 Å². The first-order valence-electron chi connectivity index (χ1n) is 9.02. The number of nitrogens with zero attached hydrogens (tertiary/aromatic N) is 2. The van der Waals surface area contributed by atoms with Crippen molar-refractivity contribution in [2.45, 2.75) is 12.7 Å². The van der Waals surface area contributed by atoms with E-state index in [1.807, 2.05) is 6.92 Å². The third-order valence-electron chi connectivity index (χ3n) is 4.46. The van der Waals surface area contributed by atoms with Gasteiger partial charge in [0.1, 0.15) is 11.1 Å². The fourth-order valence-corrected chi connectivity index (χ4v) is 3.54. The number of carbonyl (C=O) groups is 1. The molecule has 0 fully saturated rings.